The molecule has 5 N–H and O–H groups in total. The number of nitrogens with one attached hydrogen (secondary N) is 1. The summed E-state index contributed by atoms with van der Waals surface area (Å²) in [5.74, 6) is 0. The Labute approximate surface area is 84.5 Å². The predicted molar refractivity (Wildman–Crippen MR) is 58.6 cm³/mol. The monoisotopic (exact) mass is 235 g/mol. The minimum atomic E-state index is -2.60. The zero-order valence-electron chi connectivity index (χ0n) is 6.71. The molecule has 0 aliphatic carbocycles. The topological polar surface area (TPSA) is 81.1 Å². The van der Waals surface area contributed by atoms with Gasteiger partial charge < -0.3 is 0 Å². The number of hydrogen-bond donors (Lipinski definition) is 3. The van der Waals surface area contributed by atoms with Gasteiger partial charge in [-0.25, -0.2) is 4.21 Å². The molecule has 0 saturated heterocycles. The fraction of sp³-hybridized carbons (Fsp3) is 0. The third kappa shape index (κ3) is 4.08. The van der Waals surface area contributed by atoms with E-state index in [1.165, 1.54) is 0 Å². The molecule has 4 nitrogen and oxygen atoms in total. The summed E-state index contributed by atoms with van der Waals surface area (Å²) in [6.07, 6.45) is 0. The van der Waals surface area contributed by atoms with E-state index < -0.39 is 17.5 Å². The highest BCUT2D eigenvalue weighted by molar-refractivity contribution is 8.15. The Kier molecular flexibility index (Phi) is 3.73. The lowest BCUT2D eigenvalue weighted by atomic mass is 10.4. The summed E-state index contributed by atoms with van der Waals surface area (Å²) in [5.41, 5.74) is 10.7. The highest BCUT2D eigenvalue weighted by atomic mass is 32.5. The minimum absolute atomic E-state index is 0.618. The van der Waals surface area contributed by atoms with Gasteiger partial charge in [-0.15, -0.1) is 0 Å². The van der Waals surface area contributed by atoms with E-state index in [1.54, 1.807) is 24.3 Å². The molecule has 0 aliphatic heterocycles. The van der Waals surface area contributed by atoms with Crippen molar-refractivity contribution in [3.05, 3.63) is 30.3 Å². The Bertz CT molecular complexity index is 350. The number of benzene rings is 1. The summed E-state index contributed by atoms with van der Waals surface area (Å²) < 4.78 is 14.0. The Morgan fingerprint density at radius 1 is 1.31 bits per heavy atom. The molecule has 0 fully saturated rings. The van der Waals surface area contributed by atoms with Crippen molar-refractivity contribution < 1.29 is 4.21 Å². The van der Waals surface area contributed by atoms with Gasteiger partial charge in [-0.2, -0.15) is 4.49 Å². The van der Waals surface area contributed by atoms with Gasteiger partial charge in [0.15, 0.2) is 0 Å². The molecule has 72 valence electrons. The van der Waals surface area contributed by atoms with Crippen LogP contribution in [0.4, 0.5) is 0 Å². The van der Waals surface area contributed by atoms with E-state index >= 15 is 0 Å². The van der Waals surface area contributed by atoms with Crippen LogP contribution in [0.5, 0.6) is 0 Å². The summed E-state index contributed by atoms with van der Waals surface area (Å²) in [5, 5.41) is 0. The molecular weight excluding hydrogens is 225 g/mol. The SMILES string of the molecule is NP(N)(=S)NS(=O)c1ccccc1. The van der Waals surface area contributed by atoms with Crippen LogP contribution in [0.25, 0.3) is 0 Å². The molecule has 1 aromatic carbocycles. The Morgan fingerprint density at radius 2 is 1.85 bits per heavy atom. The van der Waals surface area contributed by atoms with Gasteiger partial charge in [-0.1, -0.05) is 18.2 Å². The zero-order chi connectivity index (χ0) is 9.90. The average Bonchev–Trinajstić information content (AvgIpc) is 2.03. The molecule has 0 radical (unpaired) electrons. The van der Waals surface area contributed by atoms with Crippen LogP contribution in [0, 0.1) is 0 Å². The van der Waals surface area contributed by atoms with Crippen molar-refractivity contribution in [3.63, 3.8) is 0 Å². The maximum atomic E-state index is 11.5. The van der Waals surface area contributed by atoms with Crippen molar-refractivity contribution in [2.75, 3.05) is 0 Å². The van der Waals surface area contributed by atoms with E-state index in [4.69, 9.17) is 22.8 Å². The van der Waals surface area contributed by atoms with Crippen molar-refractivity contribution in [1.82, 2.24) is 4.49 Å². The van der Waals surface area contributed by atoms with Gasteiger partial charge in [0.25, 0.3) is 0 Å². The molecule has 13 heavy (non-hydrogen) atoms. The molecule has 0 aromatic heterocycles. The summed E-state index contributed by atoms with van der Waals surface area (Å²) in [6.45, 7) is -2.60. The molecule has 1 atom stereocenters. The van der Waals surface area contributed by atoms with E-state index in [2.05, 4.69) is 4.49 Å². The van der Waals surface area contributed by atoms with Crippen LogP contribution in [0.15, 0.2) is 35.2 Å². The summed E-state index contributed by atoms with van der Waals surface area (Å²) >= 11 is 4.72. The molecular formula is C6H10N3OPS2. The molecule has 1 rings (SSSR count). The van der Waals surface area contributed by atoms with E-state index in [0.29, 0.717) is 4.90 Å². The minimum Gasteiger partial charge on any atom is -0.279 e. The smallest absolute Gasteiger partial charge is 0.144 e. The Balaban J connectivity index is 2.76. The molecule has 0 spiro atoms. The van der Waals surface area contributed by atoms with Crippen LogP contribution in [0.1, 0.15) is 0 Å². The van der Waals surface area contributed by atoms with E-state index in [0.717, 1.165) is 0 Å². The largest absolute Gasteiger partial charge is 0.279 e. The van der Waals surface area contributed by atoms with Gasteiger partial charge in [-0.05, 0) is 23.9 Å². The maximum Gasteiger partial charge on any atom is 0.144 e. The lowest BCUT2D eigenvalue weighted by Crippen LogP contribution is -2.23. The van der Waals surface area contributed by atoms with Crippen LogP contribution in [0.2, 0.25) is 0 Å². The van der Waals surface area contributed by atoms with Gasteiger partial charge in [0.2, 0.25) is 0 Å². The number of rotatable bonds is 3. The number of nitrogens with two attached hydrogens (primary N) is 2. The van der Waals surface area contributed by atoms with Crippen molar-refractivity contribution >= 4 is 29.3 Å². The van der Waals surface area contributed by atoms with Crippen molar-refractivity contribution in [2.45, 2.75) is 4.90 Å². The second kappa shape index (κ2) is 4.41. The van der Waals surface area contributed by atoms with E-state index in [9.17, 15) is 4.21 Å². The predicted octanol–water partition coefficient (Wildman–Crippen LogP) is 0.441. The first kappa shape index (κ1) is 11.0. The lowest BCUT2D eigenvalue weighted by molar-refractivity contribution is 0.682. The van der Waals surface area contributed by atoms with Crippen LogP contribution in [0.3, 0.4) is 0 Å². The fourth-order valence-electron chi connectivity index (χ4n) is 0.726. The third-order valence-electron chi connectivity index (χ3n) is 1.18. The standard InChI is InChI=1S/C6H10N3OPS2/c7-11(8,12)9-13(10)6-4-2-1-3-5-6/h1-5H,(H5,7,8,9,12). The fourth-order valence-corrected chi connectivity index (χ4v) is 3.20. The first-order valence-corrected chi connectivity index (χ1v) is 7.50. The highest BCUT2D eigenvalue weighted by Gasteiger charge is 2.09. The lowest BCUT2D eigenvalue weighted by Gasteiger charge is -2.10. The first-order valence-electron chi connectivity index (χ1n) is 3.41. The Morgan fingerprint density at radius 3 is 2.31 bits per heavy atom. The third-order valence-corrected chi connectivity index (χ3v) is 4.36. The molecule has 0 heterocycles. The quantitative estimate of drug-likeness (QED) is 0.664. The number of hydrogen-bond acceptors (Lipinski definition) is 2. The summed E-state index contributed by atoms with van der Waals surface area (Å²) in [6, 6.07) is 8.83. The van der Waals surface area contributed by atoms with E-state index in [-0.39, 0.29) is 0 Å². The molecule has 1 aromatic rings. The molecule has 0 bridgehead atoms. The summed E-state index contributed by atoms with van der Waals surface area (Å²) in [7, 11) is -1.41. The van der Waals surface area contributed by atoms with Crippen molar-refractivity contribution in [3.8, 4) is 0 Å². The molecule has 0 saturated carbocycles. The van der Waals surface area contributed by atoms with Crippen LogP contribution in [-0.4, -0.2) is 4.21 Å². The Hall–Kier alpha value is -0.100. The second-order valence-electron chi connectivity index (χ2n) is 2.38. The maximum absolute atomic E-state index is 11.5. The van der Waals surface area contributed by atoms with Gasteiger partial charge >= 0.3 is 0 Å². The van der Waals surface area contributed by atoms with Gasteiger partial charge in [-0.3, -0.25) is 11.0 Å². The van der Waals surface area contributed by atoms with Crippen molar-refractivity contribution in [1.29, 1.82) is 0 Å². The first-order chi connectivity index (χ1) is 5.99. The second-order valence-corrected chi connectivity index (χ2v) is 7.35. The summed E-state index contributed by atoms with van der Waals surface area (Å²) in [4.78, 5) is 0.618. The van der Waals surface area contributed by atoms with E-state index in [1.807, 2.05) is 6.07 Å². The van der Waals surface area contributed by atoms with Crippen molar-refractivity contribution in [2.24, 2.45) is 11.0 Å². The molecule has 0 aliphatic rings. The molecule has 0 amide bonds. The average molecular weight is 235 g/mol. The normalized spacial score (nSPS) is 14.0. The van der Waals surface area contributed by atoms with Crippen LogP contribution < -0.4 is 15.5 Å². The van der Waals surface area contributed by atoms with Gasteiger partial charge in [0, 0.05) is 0 Å². The highest BCUT2D eigenvalue weighted by Crippen LogP contribution is 2.21. The van der Waals surface area contributed by atoms with Gasteiger partial charge in [0.1, 0.15) is 17.5 Å². The zero-order valence-corrected chi connectivity index (χ0v) is 9.24. The molecule has 7 heteroatoms. The molecule has 1 unspecified atom stereocenters. The van der Waals surface area contributed by atoms with Gasteiger partial charge in [0.05, 0.1) is 4.90 Å². The van der Waals surface area contributed by atoms with Crippen LogP contribution >= 0.6 is 6.49 Å². The van der Waals surface area contributed by atoms with Crippen LogP contribution in [-0.2, 0) is 22.8 Å².